The normalized spacial score (nSPS) is 16.8. The molecule has 0 saturated carbocycles. The molecule has 1 fully saturated rings. The fourth-order valence-electron chi connectivity index (χ4n) is 2.37. The summed E-state index contributed by atoms with van der Waals surface area (Å²) in [6, 6.07) is 4.19. The van der Waals surface area contributed by atoms with Crippen LogP contribution in [-0.4, -0.2) is 36.6 Å². The van der Waals surface area contributed by atoms with Gasteiger partial charge in [-0.2, -0.15) is 0 Å². The van der Waals surface area contributed by atoms with Crippen molar-refractivity contribution in [2.24, 2.45) is 5.92 Å². The number of nitrogens with one attached hydrogen (secondary N) is 1. The summed E-state index contributed by atoms with van der Waals surface area (Å²) < 4.78 is 0. The summed E-state index contributed by atoms with van der Waals surface area (Å²) in [5.41, 5.74) is 1.35. The first kappa shape index (κ1) is 14.4. The molecule has 1 N–H and O–H groups in total. The van der Waals surface area contributed by atoms with Crippen molar-refractivity contribution < 1.29 is 0 Å². The predicted molar refractivity (Wildman–Crippen MR) is 73.4 cm³/mol. The molecule has 0 bridgehead atoms. The monoisotopic (exact) mass is 255 g/mol. The van der Waals surface area contributed by atoms with Gasteiger partial charge >= 0.3 is 0 Å². The van der Waals surface area contributed by atoms with Crippen molar-refractivity contribution in [2.45, 2.75) is 19.4 Å². The van der Waals surface area contributed by atoms with Gasteiger partial charge in [-0.1, -0.05) is 0 Å². The number of piperidine rings is 1. The number of rotatable bonds is 4. The minimum Gasteiger partial charge on any atom is -0.317 e. The molecule has 1 aliphatic heterocycles. The van der Waals surface area contributed by atoms with Crippen LogP contribution in [0, 0.1) is 5.92 Å². The fraction of sp³-hybridized carbons (Fsp3) is 0.615. The molecule has 0 aliphatic carbocycles. The lowest BCUT2D eigenvalue weighted by molar-refractivity contribution is 0.234. The molecule has 0 amide bonds. The van der Waals surface area contributed by atoms with E-state index in [1.807, 2.05) is 12.4 Å². The molecule has 0 radical (unpaired) electrons. The second-order valence-corrected chi connectivity index (χ2v) is 4.75. The maximum absolute atomic E-state index is 4.04. The molecule has 0 aromatic carbocycles. The first-order valence-electron chi connectivity index (χ1n) is 6.13. The van der Waals surface area contributed by atoms with Crippen molar-refractivity contribution in [2.75, 3.05) is 26.7 Å². The van der Waals surface area contributed by atoms with Crippen LogP contribution in [0.2, 0.25) is 0 Å². The Balaban J connectivity index is 0.00000144. The van der Waals surface area contributed by atoms with Crippen molar-refractivity contribution in [1.82, 2.24) is 15.2 Å². The number of nitrogens with zero attached hydrogens (tertiary/aromatic N) is 2. The zero-order chi connectivity index (χ0) is 11.2. The van der Waals surface area contributed by atoms with Gasteiger partial charge in [-0.25, -0.2) is 0 Å². The Morgan fingerprint density at radius 1 is 1.29 bits per heavy atom. The molecule has 0 unspecified atom stereocenters. The van der Waals surface area contributed by atoms with Crippen LogP contribution in [0.1, 0.15) is 18.4 Å². The number of pyridine rings is 1. The average molecular weight is 256 g/mol. The van der Waals surface area contributed by atoms with Crippen LogP contribution in [0.3, 0.4) is 0 Å². The van der Waals surface area contributed by atoms with Gasteiger partial charge in [0.25, 0.3) is 0 Å². The van der Waals surface area contributed by atoms with E-state index < -0.39 is 0 Å². The van der Waals surface area contributed by atoms with Crippen LogP contribution < -0.4 is 5.32 Å². The number of hydrogen-bond donors (Lipinski definition) is 1. The Bertz CT molecular complexity index is 299. The van der Waals surface area contributed by atoms with E-state index in [1.165, 1.54) is 38.0 Å². The van der Waals surface area contributed by atoms with Crippen molar-refractivity contribution >= 4 is 12.4 Å². The van der Waals surface area contributed by atoms with Crippen molar-refractivity contribution in [3.63, 3.8) is 0 Å². The second-order valence-electron chi connectivity index (χ2n) is 4.75. The van der Waals surface area contributed by atoms with Gasteiger partial charge < -0.3 is 10.2 Å². The Hall–Kier alpha value is -0.640. The van der Waals surface area contributed by atoms with E-state index >= 15 is 0 Å². The molecule has 0 atom stereocenters. The lowest BCUT2D eigenvalue weighted by Crippen LogP contribution is -2.34. The van der Waals surface area contributed by atoms with Gasteiger partial charge in [-0.15, -0.1) is 12.4 Å². The molecule has 1 aromatic rings. The van der Waals surface area contributed by atoms with Gasteiger partial charge in [0.2, 0.25) is 0 Å². The molecule has 3 nitrogen and oxygen atoms in total. The third-order valence-corrected chi connectivity index (χ3v) is 3.23. The number of aromatic nitrogens is 1. The smallest absolute Gasteiger partial charge is 0.0271 e. The Morgan fingerprint density at radius 2 is 1.94 bits per heavy atom. The van der Waals surface area contributed by atoms with E-state index in [2.05, 4.69) is 34.4 Å². The Labute approximate surface area is 110 Å². The van der Waals surface area contributed by atoms with E-state index in [-0.39, 0.29) is 12.4 Å². The molecule has 4 heteroatoms. The minimum absolute atomic E-state index is 0. The van der Waals surface area contributed by atoms with E-state index in [4.69, 9.17) is 0 Å². The molecule has 96 valence electrons. The third-order valence-electron chi connectivity index (χ3n) is 3.23. The van der Waals surface area contributed by atoms with Gasteiger partial charge in [0.1, 0.15) is 0 Å². The highest BCUT2D eigenvalue weighted by Gasteiger charge is 2.14. The van der Waals surface area contributed by atoms with Crippen LogP contribution in [0.4, 0.5) is 0 Å². The summed E-state index contributed by atoms with van der Waals surface area (Å²) in [6.07, 6.45) is 6.38. The Kier molecular flexibility index (Phi) is 6.48. The number of hydrogen-bond acceptors (Lipinski definition) is 3. The molecular formula is C13H22ClN3. The lowest BCUT2D eigenvalue weighted by atomic mass is 9.97. The van der Waals surface area contributed by atoms with Crippen LogP contribution in [0.25, 0.3) is 0 Å². The van der Waals surface area contributed by atoms with Crippen LogP contribution in [-0.2, 0) is 6.54 Å². The first-order chi connectivity index (χ1) is 7.84. The van der Waals surface area contributed by atoms with Crippen LogP contribution in [0.5, 0.6) is 0 Å². The van der Waals surface area contributed by atoms with Crippen molar-refractivity contribution in [3.05, 3.63) is 30.1 Å². The SMILES string of the molecule is CN(Cc1ccncc1)CC1CCNCC1.Cl. The molecule has 1 aliphatic rings. The van der Waals surface area contributed by atoms with Crippen molar-refractivity contribution in [1.29, 1.82) is 0 Å². The summed E-state index contributed by atoms with van der Waals surface area (Å²) in [7, 11) is 2.21. The molecule has 1 saturated heterocycles. The summed E-state index contributed by atoms with van der Waals surface area (Å²) in [6.45, 7) is 4.62. The lowest BCUT2D eigenvalue weighted by Gasteiger charge is -2.27. The van der Waals surface area contributed by atoms with E-state index in [0.29, 0.717) is 0 Å². The highest BCUT2D eigenvalue weighted by Crippen LogP contribution is 2.13. The van der Waals surface area contributed by atoms with Gasteiger partial charge in [-0.05, 0) is 56.6 Å². The summed E-state index contributed by atoms with van der Waals surface area (Å²) in [5, 5.41) is 3.41. The molecule has 2 rings (SSSR count). The quantitative estimate of drug-likeness (QED) is 0.891. The van der Waals surface area contributed by atoms with Gasteiger partial charge in [-0.3, -0.25) is 4.98 Å². The van der Waals surface area contributed by atoms with Crippen LogP contribution in [0.15, 0.2) is 24.5 Å². The maximum Gasteiger partial charge on any atom is 0.0271 e. The van der Waals surface area contributed by atoms with E-state index in [1.54, 1.807) is 0 Å². The Morgan fingerprint density at radius 3 is 2.59 bits per heavy atom. The number of halogens is 1. The van der Waals surface area contributed by atoms with Gasteiger partial charge in [0.05, 0.1) is 0 Å². The molecule has 2 heterocycles. The van der Waals surface area contributed by atoms with Crippen LogP contribution >= 0.6 is 12.4 Å². The zero-order valence-electron chi connectivity index (χ0n) is 10.4. The van der Waals surface area contributed by atoms with Gasteiger partial charge in [0.15, 0.2) is 0 Å². The molecule has 1 aromatic heterocycles. The highest BCUT2D eigenvalue weighted by atomic mass is 35.5. The largest absolute Gasteiger partial charge is 0.317 e. The standard InChI is InChI=1S/C13H21N3.ClH/c1-16(10-12-2-6-14-7-3-12)11-13-4-8-15-9-5-13;/h2-3,6-7,13,15H,4-5,8-11H2,1H3;1H. The predicted octanol–water partition coefficient (Wildman–Crippen LogP) is 1.93. The zero-order valence-corrected chi connectivity index (χ0v) is 11.2. The van der Waals surface area contributed by atoms with Crippen molar-refractivity contribution in [3.8, 4) is 0 Å². The van der Waals surface area contributed by atoms with E-state index in [0.717, 1.165) is 12.5 Å². The maximum atomic E-state index is 4.04. The fourth-order valence-corrected chi connectivity index (χ4v) is 2.37. The molecule has 0 spiro atoms. The molecular weight excluding hydrogens is 234 g/mol. The first-order valence-corrected chi connectivity index (χ1v) is 6.13. The second kappa shape index (κ2) is 7.64. The average Bonchev–Trinajstić information content (AvgIpc) is 2.31. The van der Waals surface area contributed by atoms with E-state index in [9.17, 15) is 0 Å². The third kappa shape index (κ3) is 5.02. The topological polar surface area (TPSA) is 28.2 Å². The summed E-state index contributed by atoms with van der Waals surface area (Å²) in [5.74, 6) is 0.869. The summed E-state index contributed by atoms with van der Waals surface area (Å²) in [4.78, 5) is 6.46. The highest BCUT2D eigenvalue weighted by molar-refractivity contribution is 5.85. The summed E-state index contributed by atoms with van der Waals surface area (Å²) >= 11 is 0. The molecule has 17 heavy (non-hydrogen) atoms. The minimum atomic E-state index is 0. The van der Waals surface area contributed by atoms with Gasteiger partial charge in [0, 0.05) is 25.5 Å².